The summed E-state index contributed by atoms with van der Waals surface area (Å²) in [6.45, 7) is 0.823. The van der Waals surface area contributed by atoms with Crippen molar-refractivity contribution in [1.82, 2.24) is 0 Å². The van der Waals surface area contributed by atoms with Gasteiger partial charge in [0.1, 0.15) is 5.78 Å². The van der Waals surface area contributed by atoms with Gasteiger partial charge in [0, 0.05) is 18.4 Å². The quantitative estimate of drug-likeness (QED) is 0.734. The van der Waals surface area contributed by atoms with Crippen LogP contribution in [-0.4, -0.2) is 18.0 Å². The van der Waals surface area contributed by atoms with Crippen LogP contribution in [0.3, 0.4) is 0 Å². The van der Waals surface area contributed by atoms with Crippen molar-refractivity contribution in [3.05, 3.63) is 0 Å². The van der Waals surface area contributed by atoms with E-state index < -0.39 is 0 Å². The molecule has 0 radical (unpaired) electrons. The molecule has 1 heterocycles. The number of ether oxygens (including phenoxy) is 1. The largest absolute Gasteiger partial charge is 0.375 e. The maximum atomic E-state index is 12.9. The van der Waals surface area contributed by atoms with Crippen LogP contribution in [0.25, 0.3) is 0 Å². The van der Waals surface area contributed by atoms with E-state index in [4.69, 9.17) is 4.74 Å². The SMILES string of the molecule is O=C(C1CCCCCCC1)C1CCOC2(CCCC2)C1. The first-order valence-corrected chi connectivity index (χ1v) is 8.97. The minimum absolute atomic E-state index is 0.0974. The van der Waals surface area contributed by atoms with Gasteiger partial charge in [0.05, 0.1) is 5.60 Å². The van der Waals surface area contributed by atoms with E-state index in [1.165, 1.54) is 57.8 Å². The summed E-state index contributed by atoms with van der Waals surface area (Å²) >= 11 is 0. The molecule has 1 saturated heterocycles. The lowest BCUT2D eigenvalue weighted by Crippen LogP contribution is -2.41. The van der Waals surface area contributed by atoms with Gasteiger partial charge in [-0.1, -0.05) is 44.9 Å². The first-order chi connectivity index (χ1) is 9.79. The summed E-state index contributed by atoms with van der Waals surface area (Å²) in [5.74, 6) is 1.28. The van der Waals surface area contributed by atoms with Crippen molar-refractivity contribution in [2.75, 3.05) is 6.61 Å². The molecule has 0 aromatic carbocycles. The highest BCUT2D eigenvalue weighted by Gasteiger charge is 2.42. The van der Waals surface area contributed by atoms with Crippen molar-refractivity contribution in [3.8, 4) is 0 Å². The predicted octanol–water partition coefficient (Wildman–Crippen LogP) is 4.66. The van der Waals surface area contributed by atoms with Gasteiger partial charge in [-0.25, -0.2) is 0 Å². The Bertz CT molecular complexity index is 322. The van der Waals surface area contributed by atoms with Crippen LogP contribution in [-0.2, 0) is 9.53 Å². The molecule has 0 N–H and O–H groups in total. The Morgan fingerprint density at radius 3 is 2.15 bits per heavy atom. The molecule has 2 saturated carbocycles. The highest BCUT2D eigenvalue weighted by atomic mass is 16.5. The summed E-state index contributed by atoms with van der Waals surface area (Å²) in [5.41, 5.74) is 0.0974. The van der Waals surface area contributed by atoms with Crippen LogP contribution in [0.1, 0.15) is 83.5 Å². The summed E-state index contributed by atoms with van der Waals surface area (Å²) in [4.78, 5) is 12.9. The second kappa shape index (κ2) is 6.60. The average molecular weight is 278 g/mol. The molecule has 20 heavy (non-hydrogen) atoms. The van der Waals surface area contributed by atoms with Gasteiger partial charge in [0.15, 0.2) is 0 Å². The fourth-order valence-electron chi connectivity index (χ4n) is 4.71. The Morgan fingerprint density at radius 2 is 1.45 bits per heavy atom. The number of ketones is 1. The second-order valence-corrected chi connectivity index (χ2v) is 7.37. The van der Waals surface area contributed by atoms with E-state index in [9.17, 15) is 4.79 Å². The highest BCUT2D eigenvalue weighted by molar-refractivity contribution is 5.83. The number of hydrogen-bond acceptors (Lipinski definition) is 2. The maximum absolute atomic E-state index is 12.9. The molecule has 0 bridgehead atoms. The topological polar surface area (TPSA) is 26.3 Å². The predicted molar refractivity (Wildman–Crippen MR) is 80.7 cm³/mol. The Labute approximate surface area is 123 Å². The molecule has 0 aromatic rings. The van der Waals surface area contributed by atoms with E-state index in [-0.39, 0.29) is 5.60 Å². The molecule has 1 unspecified atom stereocenters. The van der Waals surface area contributed by atoms with Crippen molar-refractivity contribution < 1.29 is 9.53 Å². The molecule has 2 nitrogen and oxygen atoms in total. The molecule has 2 aliphatic carbocycles. The first kappa shape index (κ1) is 14.6. The summed E-state index contributed by atoms with van der Waals surface area (Å²) in [6, 6.07) is 0. The van der Waals surface area contributed by atoms with Gasteiger partial charge in [-0.05, 0) is 38.5 Å². The van der Waals surface area contributed by atoms with E-state index in [1.54, 1.807) is 0 Å². The lowest BCUT2D eigenvalue weighted by atomic mass is 9.76. The van der Waals surface area contributed by atoms with Crippen LogP contribution in [0.15, 0.2) is 0 Å². The van der Waals surface area contributed by atoms with E-state index in [0.717, 1.165) is 32.3 Å². The molecule has 0 amide bonds. The fourth-order valence-corrected chi connectivity index (χ4v) is 4.71. The van der Waals surface area contributed by atoms with E-state index >= 15 is 0 Å². The molecule has 1 spiro atoms. The number of hydrogen-bond donors (Lipinski definition) is 0. The minimum atomic E-state index is 0.0974. The minimum Gasteiger partial charge on any atom is -0.375 e. The van der Waals surface area contributed by atoms with Crippen molar-refractivity contribution >= 4 is 5.78 Å². The van der Waals surface area contributed by atoms with E-state index in [0.29, 0.717) is 17.6 Å². The number of carbonyl (C=O) groups is 1. The Balaban J connectivity index is 1.60. The zero-order valence-corrected chi connectivity index (χ0v) is 12.9. The van der Waals surface area contributed by atoms with Crippen molar-refractivity contribution in [2.24, 2.45) is 11.8 Å². The van der Waals surface area contributed by atoms with E-state index in [1.807, 2.05) is 0 Å². The van der Waals surface area contributed by atoms with Gasteiger partial charge < -0.3 is 4.74 Å². The lowest BCUT2D eigenvalue weighted by Gasteiger charge is -2.39. The Morgan fingerprint density at radius 1 is 0.800 bits per heavy atom. The molecule has 114 valence electrons. The second-order valence-electron chi connectivity index (χ2n) is 7.37. The van der Waals surface area contributed by atoms with Gasteiger partial charge in [0.25, 0.3) is 0 Å². The number of carbonyl (C=O) groups excluding carboxylic acids is 1. The van der Waals surface area contributed by atoms with Gasteiger partial charge in [-0.2, -0.15) is 0 Å². The molecule has 3 fully saturated rings. The summed E-state index contributed by atoms with van der Waals surface area (Å²) in [6.07, 6.45) is 15.9. The molecule has 0 aromatic heterocycles. The standard InChI is InChI=1S/C18H30O2/c19-17(15-8-4-2-1-3-5-9-15)16-10-13-20-18(14-16)11-6-7-12-18/h15-16H,1-14H2. The molecular formula is C18H30O2. The third-order valence-electron chi connectivity index (χ3n) is 5.92. The van der Waals surface area contributed by atoms with Crippen LogP contribution in [0.2, 0.25) is 0 Å². The molecule has 1 aliphatic heterocycles. The van der Waals surface area contributed by atoms with Crippen LogP contribution in [0.4, 0.5) is 0 Å². The summed E-state index contributed by atoms with van der Waals surface area (Å²) < 4.78 is 6.09. The highest BCUT2D eigenvalue weighted by Crippen LogP contribution is 2.43. The van der Waals surface area contributed by atoms with Crippen LogP contribution >= 0.6 is 0 Å². The zero-order valence-electron chi connectivity index (χ0n) is 12.9. The molecular weight excluding hydrogens is 248 g/mol. The van der Waals surface area contributed by atoms with Gasteiger partial charge in [-0.15, -0.1) is 0 Å². The van der Waals surface area contributed by atoms with Crippen molar-refractivity contribution in [1.29, 1.82) is 0 Å². The van der Waals surface area contributed by atoms with Gasteiger partial charge >= 0.3 is 0 Å². The van der Waals surface area contributed by atoms with Crippen LogP contribution in [0, 0.1) is 11.8 Å². The van der Waals surface area contributed by atoms with Crippen molar-refractivity contribution in [2.45, 2.75) is 89.1 Å². The molecule has 2 heteroatoms. The Kier molecular flexibility index (Phi) is 4.80. The lowest BCUT2D eigenvalue weighted by molar-refractivity contribution is -0.140. The van der Waals surface area contributed by atoms with Crippen LogP contribution < -0.4 is 0 Å². The average Bonchev–Trinajstić information content (AvgIpc) is 2.86. The number of Topliss-reactive ketones (excluding diaryl/α,β-unsaturated/α-hetero) is 1. The maximum Gasteiger partial charge on any atom is 0.139 e. The Hall–Kier alpha value is -0.370. The van der Waals surface area contributed by atoms with Gasteiger partial charge in [-0.3, -0.25) is 4.79 Å². The molecule has 1 atom stereocenters. The number of rotatable bonds is 2. The normalized spacial score (nSPS) is 31.9. The van der Waals surface area contributed by atoms with Crippen LogP contribution in [0.5, 0.6) is 0 Å². The first-order valence-electron chi connectivity index (χ1n) is 8.97. The fraction of sp³-hybridized carbons (Fsp3) is 0.944. The third kappa shape index (κ3) is 3.27. The van der Waals surface area contributed by atoms with E-state index in [2.05, 4.69) is 0 Å². The van der Waals surface area contributed by atoms with Gasteiger partial charge in [0.2, 0.25) is 0 Å². The zero-order chi connectivity index (χ0) is 13.8. The summed E-state index contributed by atoms with van der Waals surface area (Å²) in [5, 5.41) is 0. The third-order valence-corrected chi connectivity index (χ3v) is 5.92. The monoisotopic (exact) mass is 278 g/mol. The van der Waals surface area contributed by atoms with Crippen molar-refractivity contribution in [3.63, 3.8) is 0 Å². The summed E-state index contributed by atoms with van der Waals surface area (Å²) in [7, 11) is 0. The molecule has 3 rings (SSSR count). The smallest absolute Gasteiger partial charge is 0.139 e. The molecule has 3 aliphatic rings.